The zero-order valence-corrected chi connectivity index (χ0v) is 14.0. The highest BCUT2D eigenvalue weighted by Gasteiger charge is 2.29. The topological polar surface area (TPSA) is 81.0 Å². The van der Waals surface area contributed by atoms with Crippen LogP contribution in [0, 0.1) is 12.8 Å². The molecule has 0 saturated carbocycles. The van der Waals surface area contributed by atoms with Crippen molar-refractivity contribution in [2.75, 3.05) is 12.8 Å². The number of anilines is 1. The van der Waals surface area contributed by atoms with E-state index in [4.69, 9.17) is 22.1 Å². The smallest absolute Gasteiger partial charge is 0.261 e. The zero-order valence-electron chi connectivity index (χ0n) is 12.4. The number of methoxy groups -OCH3 is 1. The predicted molar refractivity (Wildman–Crippen MR) is 91.3 cm³/mol. The van der Waals surface area contributed by atoms with Crippen LogP contribution in [-0.4, -0.2) is 23.2 Å². The Morgan fingerprint density at radius 1 is 1.45 bits per heavy atom. The lowest BCUT2D eigenvalue weighted by atomic mass is 9.88. The number of thiophene rings is 1. The summed E-state index contributed by atoms with van der Waals surface area (Å²) < 4.78 is 5.48. The third kappa shape index (κ3) is 2.27. The molecule has 3 N–H and O–H groups in total. The molecule has 22 heavy (non-hydrogen) atoms. The van der Waals surface area contributed by atoms with Crippen LogP contribution in [0.1, 0.15) is 17.4 Å². The summed E-state index contributed by atoms with van der Waals surface area (Å²) in [6.45, 7) is 3.99. The minimum Gasteiger partial charge on any atom is -0.375 e. The van der Waals surface area contributed by atoms with Gasteiger partial charge in [0, 0.05) is 22.9 Å². The number of nitrogens with two attached hydrogens (primary N) is 1. The van der Waals surface area contributed by atoms with Crippen molar-refractivity contribution in [1.29, 1.82) is 0 Å². The average Bonchev–Trinajstić information content (AvgIpc) is 2.76. The minimum absolute atomic E-state index is 0.0886. The van der Waals surface area contributed by atoms with E-state index in [1.54, 1.807) is 7.11 Å². The molecular formula is C15H16ClN3O2S. The van der Waals surface area contributed by atoms with E-state index in [0.717, 1.165) is 16.0 Å². The van der Waals surface area contributed by atoms with Gasteiger partial charge < -0.3 is 10.5 Å². The molecule has 0 spiro atoms. The standard InChI is InChI=1S/C15H16ClN3O2S/c1-6-8(4-5-9(16)11(6)21-3)12-7(2)10-13(20)18-15(17)19-14(10)22-12/h4-6,11H,1-3H3,(H3,17,18,19,20). The average molecular weight is 338 g/mol. The molecule has 0 saturated heterocycles. The molecule has 0 amide bonds. The van der Waals surface area contributed by atoms with Crippen molar-refractivity contribution in [2.24, 2.45) is 5.92 Å². The van der Waals surface area contributed by atoms with Gasteiger partial charge in [-0.05, 0) is 24.1 Å². The fraction of sp³-hybridized carbons (Fsp3) is 0.333. The second-order valence-electron chi connectivity index (χ2n) is 5.31. The van der Waals surface area contributed by atoms with E-state index < -0.39 is 0 Å². The molecule has 7 heteroatoms. The molecule has 0 aliphatic heterocycles. The first-order valence-corrected chi connectivity index (χ1v) is 8.02. The van der Waals surface area contributed by atoms with Gasteiger partial charge in [-0.15, -0.1) is 11.3 Å². The molecule has 2 unspecified atom stereocenters. The highest BCUT2D eigenvalue weighted by molar-refractivity contribution is 7.19. The molecular weight excluding hydrogens is 322 g/mol. The Bertz CT molecular complexity index is 866. The number of ether oxygens (including phenoxy) is 1. The summed E-state index contributed by atoms with van der Waals surface area (Å²) in [5, 5.41) is 1.27. The summed E-state index contributed by atoms with van der Waals surface area (Å²) in [5.41, 5.74) is 7.43. The summed E-state index contributed by atoms with van der Waals surface area (Å²) in [6.07, 6.45) is 3.65. The normalized spacial score (nSPS) is 21.8. The Hall–Kier alpha value is -1.63. The number of aromatic nitrogens is 2. The van der Waals surface area contributed by atoms with E-state index in [1.165, 1.54) is 11.3 Å². The number of rotatable bonds is 2. The van der Waals surface area contributed by atoms with E-state index in [1.807, 2.05) is 19.1 Å². The molecule has 2 aromatic rings. The molecule has 0 bridgehead atoms. The highest BCUT2D eigenvalue weighted by atomic mass is 35.5. The van der Waals surface area contributed by atoms with Gasteiger partial charge in [-0.2, -0.15) is 0 Å². The molecule has 116 valence electrons. The molecule has 1 aliphatic carbocycles. The molecule has 0 fully saturated rings. The van der Waals surface area contributed by atoms with Crippen molar-refractivity contribution < 1.29 is 4.74 Å². The molecule has 0 radical (unpaired) electrons. The Balaban J connectivity index is 2.21. The lowest BCUT2D eigenvalue weighted by molar-refractivity contribution is 0.111. The maximum Gasteiger partial charge on any atom is 0.261 e. The minimum atomic E-state index is -0.205. The van der Waals surface area contributed by atoms with Gasteiger partial charge in [0.25, 0.3) is 5.56 Å². The second kappa shape index (κ2) is 5.53. The number of aromatic amines is 1. The van der Waals surface area contributed by atoms with Gasteiger partial charge in [0.05, 0.1) is 11.5 Å². The monoisotopic (exact) mass is 337 g/mol. The summed E-state index contributed by atoms with van der Waals surface area (Å²) >= 11 is 7.67. The second-order valence-corrected chi connectivity index (χ2v) is 6.74. The molecule has 1 aliphatic rings. The predicted octanol–water partition coefficient (Wildman–Crippen LogP) is 3.05. The molecule has 2 atom stereocenters. The Morgan fingerprint density at radius 2 is 2.18 bits per heavy atom. The maximum atomic E-state index is 12.1. The van der Waals surface area contributed by atoms with Crippen LogP contribution in [0.2, 0.25) is 0 Å². The van der Waals surface area contributed by atoms with Gasteiger partial charge in [0.1, 0.15) is 4.83 Å². The quantitative estimate of drug-likeness (QED) is 0.882. The zero-order chi connectivity index (χ0) is 16.0. The SMILES string of the molecule is COC1C(Cl)=CC=C(c2sc3nc(N)[nH]c(=O)c3c2C)C1C. The van der Waals surface area contributed by atoms with Crippen molar-refractivity contribution in [1.82, 2.24) is 9.97 Å². The Morgan fingerprint density at radius 3 is 2.86 bits per heavy atom. The van der Waals surface area contributed by atoms with Crippen LogP contribution in [0.5, 0.6) is 0 Å². The van der Waals surface area contributed by atoms with Crippen LogP contribution in [-0.2, 0) is 4.74 Å². The van der Waals surface area contributed by atoms with Crippen LogP contribution in [0.25, 0.3) is 15.8 Å². The van der Waals surface area contributed by atoms with Gasteiger partial charge >= 0.3 is 0 Å². The first kappa shape index (κ1) is 15.3. The van der Waals surface area contributed by atoms with Gasteiger partial charge in [-0.1, -0.05) is 24.6 Å². The summed E-state index contributed by atoms with van der Waals surface area (Å²) in [5.74, 6) is 0.222. The van der Waals surface area contributed by atoms with Gasteiger partial charge in [-0.3, -0.25) is 9.78 Å². The number of hydrogen-bond donors (Lipinski definition) is 2. The third-order valence-electron chi connectivity index (χ3n) is 3.97. The number of aryl methyl sites for hydroxylation is 1. The number of allylic oxidation sites excluding steroid dienone is 2. The lowest BCUT2D eigenvalue weighted by Gasteiger charge is -2.27. The first-order valence-electron chi connectivity index (χ1n) is 6.83. The van der Waals surface area contributed by atoms with Crippen LogP contribution in [0.15, 0.2) is 22.0 Å². The van der Waals surface area contributed by atoms with E-state index in [-0.39, 0.29) is 23.5 Å². The number of halogens is 1. The van der Waals surface area contributed by atoms with E-state index in [0.29, 0.717) is 15.2 Å². The fourth-order valence-corrected chi connectivity index (χ4v) is 4.51. The van der Waals surface area contributed by atoms with E-state index in [9.17, 15) is 4.79 Å². The van der Waals surface area contributed by atoms with Crippen molar-refractivity contribution in [3.63, 3.8) is 0 Å². The summed E-state index contributed by atoms with van der Waals surface area (Å²) in [4.78, 5) is 20.6. The molecule has 5 nitrogen and oxygen atoms in total. The molecule has 2 heterocycles. The Labute approximate surface area is 136 Å². The third-order valence-corrected chi connectivity index (χ3v) is 5.55. The number of nitrogen functional groups attached to an aromatic ring is 1. The lowest BCUT2D eigenvalue weighted by Crippen LogP contribution is -2.24. The highest BCUT2D eigenvalue weighted by Crippen LogP contribution is 2.41. The largest absolute Gasteiger partial charge is 0.375 e. The number of H-pyrrole nitrogens is 1. The molecule has 0 aromatic carbocycles. The molecule has 2 aromatic heterocycles. The van der Waals surface area contributed by atoms with Crippen molar-refractivity contribution >= 4 is 44.7 Å². The van der Waals surface area contributed by atoms with Crippen molar-refractivity contribution in [2.45, 2.75) is 20.0 Å². The van der Waals surface area contributed by atoms with Gasteiger partial charge in [0.15, 0.2) is 0 Å². The number of hydrogen-bond acceptors (Lipinski definition) is 5. The number of fused-ring (bicyclic) bond motifs is 1. The number of nitrogens with one attached hydrogen (secondary N) is 1. The summed E-state index contributed by atoms with van der Waals surface area (Å²) in [7, 11) is 1.64. The van der Waals surface area contributed by atoms with Crippen LogP contribution in [0.4, 0.5) is 5.95 Å². The first-order chi connectivity index (χ1) is 10.4. The van der Waals surface area contributed by atoms with E-state index >= 15 is 0 Å². The Kier molecular flexibility index (Phi) is 3.84. The van der Waals surface area contributed by atoms with E-state index in [2.05, 4.69) is 16.9 Å². The van der Waals surface area contributed by atoms with Crippen molar-refractivity contribution in [3.05, 3.63) is 38.0 Å². The van der Waals surface area contributed by atoms with Gasteiger partial charge in [-0.25, -0.2) is 4.98 Å². The maximum absolute atomic E-state index is 12.1. The number of nitrogens with zero attached hydrogens (tertiary/aromatic N) is 1. The van der Waals surface area contributed by atoms with Gasteiger partial charge in [0.2, 0.25) is 5.95 Å². The van der Waals surface area contributed by atoms with Crippen LogP contribution >= 0.6 is 22.9 Å². The fourth-order valence-electron chi connectivity index (χ4n) is 2.85. The molecule has 3 rings (SSSR count). The summed E-state index contributed by atoms with van der Waals surface area (Å²) in [6, 6.07) is 0. The van der Waals surface area contributed by atoms with Crippen molar-refractivity contribution in [3.8, 4) is 0 Å². The van der Waals surface area contributed by atoms with Crippen LogP contribution < -0.4 is 11.3 Å². The van der Waals surface area contributed by atoms with Crippen LogP contribution in [0.3, 0.4) is 0 Å².